The molecule has 0 aromatic carbocycles. The zero-order valence-corrected chi connectivity index (χ0v) is 14.1. The van der Waals surface area contributed by atoms with E-state index in [1.165, 1.54) is 32.1 Å². The minimum atomic E-state index is 0.609. The van der Waals surface area contributed by atoms with Gasteiger partial charge in [0, 0.05) is 6.04 Å². The van der Waals surface area contributed by atoms with Crippen LogP contribution < -0.4 is 21.3 Å². The van der Waals surface area contributed by atoms with Crippen molar-refractivity contribution in [1.82, 2.24) is 21.3 Å². The highest BCUT2D eigenvalue weighted by Crippen LogP contribution is 1.86. The summed E-state index contributed by atoms with van der Waals surface area (Å²) in [5.74, 6) is 0. The normalized spacial score (nSPS) is 11.4. The molecule has 0 bridgehead atoms. The molecule has 122 valence electrons. The number of hydrogen-bond donors (Lipinski definition) is 4. The second kappa shape index (κ2) is 16.9. The van der Waals surface area contributed by atoms with Crippen molar-refractivity contribution < 1.29 is 0 Å². The monoisotopic (exact) mass is 286 g/mol. The molecule has 0 saturated heterocycles. The quantitative estimate of drug-likeness (QED) is 0.326. The van der Waals surface area contributed by atoms with Crippen LogP contribution in [0.3, 0.4) is 0 Å². The molecule has 0 amide bonds. The molecule has 0 fully saturated rings. The number of rotatable bonds is 16. The van der Waals surface area contributed by atoms with Crippen molar-refractivity contribution in [3.63, 3.8) is 0 Å². The van der Waals surface area contributed by atoms with E-state index in [1.807, 2.05) is 0 Å². The molecule has 0 aromatic heterocycles. The van der Waals surface area contributed by atoms with Crippen molar-refractivity contribution in [2.75, 3.05) is 45.8 Å². The Morgan fingerprint density at radius 3 is 1.55 bits per heavy atom. The van der Waals surface area contributed by atoms with E-state index in [0.29, 0.717) is 6.04 Å². The lowest BCUT2D eigenvalue weighted by Gasteiger charge is -2.09. The minimum absolute atomic E-state index is 0.609. The molecule has 0 radical (unpaired) electrons. The van der Waals surface area contributed by atoms with Crippen LogP contribution in [0.1, 0.15) is 52.9 Å². The van der Waals surface area contributed by atoms with Crippen LogP contribution in [0.25, 0.3) is 0 Å². The van der Waals surface area contributed by atoms with Crippen molar-refractivity contribution in [3.05, 3.63) is 0 Å². The molecule has 4 nitrogen and oxygen atoms in total. The third-order valence-electron chi connectivity index (χ3n) is 3.17. The minimum Gasteiger partial charge on any atom is -0.317 e. The third kappa shape index (κ3) is 17.8. The molecular weight excluding hydrogens is 248 g/mol. The fraction of sp³-hybridized carbons (Fsp3) is 1.00. The zero-order chi connectivity index (χ0) is 14.9. The predicted molar refractivity (Wildman–Crippen MR) is 90.5 cm³/mol. The van der Waals surface area contributed by atoms with E-state index in [-0.39, 0.29) is 0 Å². The highest BCUT2D eigenvalue weighted by Gasteiger charge is 1.93. The van der Waals surface area contributed by atoms with Gasteiger partial charge in [-0.3, -0.25) is 0 Å². The van der Waals surface area contributed by atoms with Crippen LogP contribution in [0.15, 0.2) is 0 Å². The highest BCUT2D eigenvalue weighted by molar-refractivity contribution is 4.56. The lowest BCUT2D eigenvalue weighted by atomic mass is 10.3. The van der Waals surface area contributed by atoms with Gasteiger partial charge in [-0.2, -0.15) is 0 Å². The van der Waals surface area contributed by atoms with Gasteiger partial charge in [0.2, 0.25) is 0 Å². The first-order valence-corrected chi connectivity index (χ1v) is 8.63. The standard InChI is InChI=1S/C16H38N4/c1-4-9-17-12-7-13-18-10-5-6-11-19-14-8-15-20-16(2)3/h16-20H,4-15H2,1-3H3. The van der Waals surface area contributed by atoms with E-state index >= 15 is 0 Å². The number of unbranched alkanes of at least 4 members (excludes halogenated alkanes) is 1. The van der Waals surface area contributed by atoms with Crippen LogP contribution in [0.4, 0.5) is 0 Å². The van der Waals surface area contributed by atoms with Crippen molar-refractivity contribution in [1.29, 1.82) is 0 Å². The zero-order valence-electron chi connectivity index (χ0n) is 14.1. The van der Waals surface area contributed by atoms with E-state index in [0.717, 1.165) is 45.8 Å². The average Bonchev–Trinajstić information content (AvgIpc) is 2.43. The Kier molecular flexibility index (Phi) is 16.8. The summed E-state index contributed by atoms with van der Waals surface area (Å²) in [7, 11) is 0. The first-order valence-electron chi connectivity index (χ1n) is 8.63. The van der Waals surface area contributed by atoms with Gasteiger partial charge in [-0.25, -0.2) is 0 Å². The second-order valence-electron chi connectivity index (χ2n) is 5.77. The van der Waals surface area contributed by atoms with Crippen LogP contribution in [-0.2, 0) is 0 Å². The molecule has 4 heteroatoms. The van der Waals surface area contributed by atoms with Gasteiger partial charge in [-0.05, 0) is 77.9 Å². The summed E-state index contributed by atoms with van der Waals surface area (Å²) in [5.41, 5.74) is 0. The van der Waals surface area contributed by atoms with Crippen molar-refractivity contribution >= 4 is 0 Å². The van der Waals surface area contributed by atoms with Gasteiger partial charge in [-0.1, -0.05) is 20.8 Å². The summed E-state index contributed by atoms with van der Waals surface area (Å²) in [6, 6.07) is 0.609. The molecule has 0 spiro atoms. The second-order valence-corrected chi connectivity index (χ2v) is 5.77. The molecule has 0 heterocycles. The van der Waals surface area contributed by atoms with Gasteiger partial charge in [0.1, 0.15) is 0 Å². The molecule has 0 aliphatic carbocycles. The number of nitrogens with one attached hydrogen (secondary N) is 4. The largest absolute Gasteiger partial charge is 0.317 e. The van der Waals surface area contributed by atoms with Crippen LogP contribution >= 0.6 is 0 Å². The van der Waals surface area contributed by atoms with Crippen LogP contribution in [-0.4, -0.2) is 51.9 Å². The van der Waals surface area contributed by atoms with Gasteiger partial charge >= 0.3 is 0 Å². The van der Waals surface area contributed by atoms with Crippen LogP contribution in [0, 0.1) is 0 Å². The SMILES string of the molecule is CCCNCCCNCCCCNCCCNC(C)C. The Morgan fingerprint density at radius 2 is 1.05 bits per heavy atom. The summed E-state index contributed by atoms with van der Waals surface area (Å²) in [4.78, 5) is 0. The maximum atomic E-state index is 3.51. The van der Waals surface area contributed by atoms with Crippen molar-refractivity contribution in [2.45, 2.75) is 58.9 Å². The van der Waals surface area contributed by atoms with Gasteiger partial charge in [-0.15, -0.1) is 0 Å². The molecule has 0 unspecified atom stereocenters. The molecule has 0 aliphatic heterocycles. The Balaban J connectivity index is 2.92. The molecular formula is C16H38N4. The lowest BCUT2D eigenvalue weighted by molar-refractivity contribution is 0.531. The molecule has 4 N–H and O–H groups in total. The van der Waals surface area contributed by atoms with Gasteiger partial charge in [0.25, 0.3) is 0 Å². The van der Waals surface area contributed by atoms with E-state index in [2.05, 4.69) is 42.0 Å². The first-order chi connectivity index (χ1) is 9.77. The average molecular weight is 287 g/mol. The van der Waals surface area contributed by atoms with Crippen molar-refractivity contribution in [3.8, 4) is 0 Å². The summed E-state index contributed by atoms with van der Waals surface area (Å²) in [5, 5.41) is 13.9. The Bertz CT molecular complexity index is 174. The molecule has 0 atom stereocenters. The molecule has 20 heavy (non-hydrogen) atoms. The predicted octanol–water partition coefficient (Wildman–Crippen LogP) is 1.72. The van der Waals surface area contributed by atoms with E-state index in [9.17, 15) is 0 Å². The van der Waals surface area contributed by atoms with Crippen LogP contribution in [0.2, 0.25) is 0 Å². The van der Waals surface area contributed by atoms with E-state index < -0.39 is 0 Å². The molecule has 0 saturated carbocycles. The summed E-state index contributed by atoms with van der Waals surface area (Å²) in [6.07, 6.45) is 6.24. The third-order valence-corrected chi connectivity index (χ3v) is 3.17. The smallest absolute Gasteiger partial charge is 0.00103 e. The summed E-state index contributed by atoms with van der Waals surface area (Å²) in [6.45, 7) is 14.6. The number of hydrogen-bond acceptors (Lipinski definition) is 4. The van der Waals surface area contributed by atoms with Gasteiger partial charge in [0.05, 0.1) is 0 Å². The molecule has 0 aliphatic rings. The molecule has 0 rings (SSSR count). The highest BCUT2D eigenvalue weighted by atomic mass is 14.9. The fourth-order valence-electron chi connectivity index (χ4n) is 1.99. The Labute approximate surface area is 126 Å². The topological polar surface area (TPSA) is 48.1 Å². The fourth-order valence-corrected chi connectivity index (χ4v) is 1.99. The summed E-state index contributed by atoms with van der Waals surface area (Å²) < 4.78 is 0. The Morgan fingerprint density at radius 1 is 0.600 bits per heavy atom. The van der Waals surface area contributed by atoms with Gasteiger partial charge < -0.3 is 21.3 Å². The van der Waals surface area contributed by atoms with E-state index in [4.69, 9.17) is 0 Å². The maximum Gasteiger partial charge on any atom is 0.00103 e. The summed E-state index contributed by atoms with van der Waals surface area (Å²) >= 11 is 0. The first kappa shape index (κ1) is 19.8. The maximum absolute atomic E-state index is 3.51. The van der Waals surface area contributed by atoms with E-state index in [1.54, 1.807) is 0 Å². The van der Waals surface area contributed by atoms with Crippen molar-refractivity contribution in [2.24, 2.45) is 0 Å². The lowest BCUT2D eigenvalue weighted by Crippen LogP contribution is -2.27. The van der Waals surface area contributed by atoms with Gasteiger partial charge in [0.15, 0.2) is 0 Å². The van der Waals surface area contributed by atoms with Crippen LogP contribution in [0.5, 0.6) is 0 Å². The molecule has 0 aromatic rings. The Hall–Kier alpha value is -0.160.